The van der Waals surface area contributed by atoms with E-state index in [4.69, 9.17) is 23.2 Å². The number of alkyl halides is 3. The Kier molecular flexibility index (Phi) is 7.31. The van der Waals surface area contributed by atoms with Crippen molar-refractivity contribution in [3.8, 4) is 11.1 Å². The fraction of sp³-hybridized carbons (Fsp3) is 0.0667. The lowest BCUT2D eigenvalue weighted by atomic mass is 10.0. The van der Waals surface area contributed by atoms with Gasteiger partial charge in [0.15, 0.2) is 5.69 Å². The average Bonchev–Trinajstić information content (AvgIpc) is 3.22. The number of carboxylic acids is 1. The summed E-state index contributed by atoms with van der Waals surface area (Å²) in [4.78, 5) is 25.7. The number of hydrogen-bond acceptors (Lipinski definition) is 2. The van der Waals surface area contributed by atoms with Crippen molar-refractivity contribution >= 4 is 51.7 Å². The maximum absolute atomic E-state index is 13.2. The summed E-state index contributed by atoms with van der Waals surface area (Å²) in [6, 6.07) is 22.7. The van der Waals surface area contributed by atoms with Crippen LogP contribution in [0, 0.1) is 0 Å². The van der Waals surface area contributed by atoms with Crippen molar-refractivity contribution in [2.75, 3.05) is 5.32 Å². The van der Waals surface area contributed by atoms with Crippen molar-refractivity contribution in [3.63, 3.8) is 0 Å². The summed E-state index contributed by atoms with van der Waals surface area (Å²) in [5, 5.41) is 14.4. The lowest BCUT2D eigenvalue weighted by molar-refractivity contribution is -0.137. The van der Waals surface area contributed by atoms with Crippen LogP contribution in [0.4, 0.5) is 18.9 Å². The van der Waals surface area contributed by atoms with E-state index in [1.807, 2.05) is 0 Å². The van der Waals surface area contributed by atoms with E-state index in [1.54, 1.807) is 59.2 Å². The standard InChI is InChI=1S/C30H19Cl2F3N2O3/c31-22-10-1-17(2-11-22)16-37-25-14-7-20(18-3-8-21(9-4-18)30(33,34)35)15-24(25)26(27(37)29(39)40)36-28(38)19-5-12-23(32)13-6-19/h1-15H,16H2,(H,36,38)(H,39,40). The molecule has 10 heteroatoms. The van der Waals surface area contributed by atoms with Crippen LogP contribution in [0.15, 0.2) is 91.0 Å². The number of fused-ring (bicyclic) bond motifs is 1. The quantitative estimate of drug-likeness (QED) is 0.210. The highest BCUT2D eigenvalue weighted by Gasteiger charge is 2.30. The van der Waals surface area contributed by atoms with Gasteiger partial charge in [0.2, 0.25) is 0 Å². The highest BCUT2D eigenvalue weighted by Crippen LogP contribution is 2.37. The van der Waals surface area contributed by atoms with Crippen LogP contribution >= 0.6 is 23.2 Å². The van der Waals surface area contributed by atoms with Gasteiger partial charge in [-0.25, -0.2) is 4.79 Å². The monoisotopic (exact) mass is 582 g/mol. The van der Waals surface area contributed by atoms with Crippen molar-refractivity contribution in [1.82, 2.24) is 4.57 Å². The van der Waals surface area contributed by atoms with E-state index in [1.165, 1.54) is 24.3 Å². The number of carbonyl (C=O) groups is 2. The Hall–Kier alpha value is -4.27. The van der Waals surface area contributed by atoms with Crippen molar-refractivity contribution in [2.45, 2.75) is 12.7 Å². The number of hydrogen-bond donors (Lipinski definition) is 2. The number of nitrogens with one attached hydrogen (secondary N) is 1. The minimum absolute atomic E-state index is 0.0603. The van der Waals surface area contributed by atoms with Gasteiger partial charge < -0.3 is 15.0 Å². The second kappa shape index (κ2) is 10.7. The molecule has 0 unspecified atom stereocenters. The molecule has 5 nitrogen and oxygen atoms in total. The number of rotatable bonds is 6. The van der Waals surface area contributed by atoms with Crippen molar-refractivity contribution in [2.24, 2.45) is 0 Å². The van der Waals surface area contributed by atoms with Gasteiger partial charge in [-0.15, -0.1) is 0 Å². The first-order chi connectivity index (χ1) is 19.0. The number of aromatic carboxylic acids is 1. The van der Waals surface area contributed by atoms with Crippen molar-refractivity contribution in [3.05, 3.63) is 123 Å². The van der Waals surface area contributed by atoms with E-state index in [0.717, 1.165) is 17.7 Å². The average molecular weight is 583 g/mol. The molecule has 0 saturated carbocycles. The maximum Gasteiger partial charge on any atom is 0.416 e. The normalized spacial score (nSPS) is 11.5. The molecule has 0 saturated heterocycles. The van der Waals surface area contributed by atoms with E-state index < -0.39 is 23.6 Å². The van der Waals surface area contributed by atoms with Crippen LogP contribution in [0.25, 0.3) is 22.0 Å². The van der Waals surface area contributed by atoms with E-state index in [-0.39, 0.29) is 23.5 Å². The predicted octanol–water partition coefficient (Wildman–Crippen LogP) is 8.63. The summed E-state index contributed by atoms with van der Waals surface area (Å²) in [6.45, 7) is 0.158. The molecule has 5 aromatic rings. The minimum Gasteiger partial charge on any atom is -0.477 e. The van der Waals surface area contributed by atoms with E-state index >= 15 is 0 Å². The predicted molar refractivity (Wildman–Crippen MR) is 149 cm³/mol. The third-order valence-corrected chi connectivity index (χ3v) is 6.91. The zero-order chi connectivity index (χ0) is 28.6. The molecular formula is C30H19Cl2F3N2O3. The summed E-state index contributed by atoms with van der Waals surface area (Å²) in [5.41, 5.74) is 1.70. The lowest BCUT2D eigenvalue weighted by Crippen LogP contribution is -2.16. The molecule has 2 N–H and O–H groups in total. The van der Waals surface area contributed by atoms with E-state index in [2.05, 4.69) is 5.32 Å². The molecule has 4 aromatic carbocycles. The van der Waals surface area contributed by atoms with Crippen LogP contribution in [-0.2, 0) is 12.7 Å². The molecule has 0 atom stereocenters. The molecule has 0 fully saturated rings. The Bertz CT molecular complexity index is 1730. The topological polar surface area (TPSA) is 71.3 Å². The molecule has 1 heterocycles. The van der Waals surface area contributed by atoms with Crippen LogP contribution in [0.5, 0.6) is 0 Å². The van der Waals surface area contributed by atoms with Crippen LogP contribution in [0.2, 0.25) is 10.0 Å². The Morgan fingerprint density at radius 2 is 1.38 bits per heavy atom. The first-order valence-electron chi connectivity index (χ1n) is 11.9. The van der Waals surface area contributed by atoms with Gasteiger partial charge in [-0.05, 0) is 77.4 Å². The third kappa shape index (κ3) is 5.54. The Labute approximate surface area is 236 Å². The second-order valence-electron chi connectivity index (χ2n) is 9.01. The highest BCUT2D eigenvalue weighted by molar-refractivity contribution is 6.31. The number of amides is 1. The van der Waals surface area contributed by atoms with Crippen LogP contribution < -0.4 is 5.32 Å². The summed E-state index contributed by atoms with van der Waals surface area (Å²) >= 11 is 12.0. The third-order valence-electron chi connectivity index (χ3n) is 6.41. The molecule has 0 aliphatic rings. The first kappa shape index (κ1) is 27.3. The van der Waals surface area contributed by atoms with Gasteiger partial charge in [0.1, 0.15) is 0 Å². The number of carboxylic acid groups (broad SMARTS) is 1. The molecule has 1 aromatic heterocycles. The van der Waals surface area contributed by atoms with Crippen LogP contribution in [0.3, 0.4) is 0 Å². The SMILES string of the molecule is O=C(Nc1c(C(=O)O)n(Cc2ccc(Cl)cc2)c2ccc(-c3ccc(C(F)(F)F)cc3)cc12)c1ccc(Cl)cc1. The van der Waals surface area contributed by atoms with Crippen molar-refractivity contribution in [1.29, 1.82) is 0 Å². The molecule has 5 rings (SSSR count). The summed E-state index contributed by atoms with van der Waals surface area (Å²) in [7, 11) is 0. The van der Waals surface area contributed by atoms with Gasteiger partial charge in [0.25, 0.3) is 5.91 Å². The highest BCUT2D eigenvalue weighted by atomic mass is 35.5. The van der Waals surface area contributed by atoms with Gasteiger partial charge in [-0.1, -0.05) is 53.5 Å². The first-order valence-corrected chi connectivity index (χ1v) is 12.7. The number of nitrogens with zero attached hydrogens (tertiary/aromatic N) is 1. The maximum atomic E-state index is 13.2. The Morgan fingerprint density at radius 1 is 0.800 bits per heavy atom. The molecule has 40 heavy (non-hydrogen) atoms. The van der Waals surface area contributed by atoms with Crippen LogP contribution in [-0.4, -0.2) is 21.6 Å². The molecule has 0 aliphatic heterocycles. The fourth-order valence-electron chi connectivity index (χ4n) is 4.46. The van der Waals surface area contributed by atoms with Gasteiger partial charge in [-0.3, -0.25) is 4.79 Å². The van der Waals surface area contributed by atoms with E-state index in [9.17, 15) is 27.9 Å². The zero-order valence-corrected chi connectivity index (χ0v) is 22.0. The molecule has 0 spiro atoms. The number of halogens is 5. The number of anilines is 1. The molecule has 0 bridgehead atoms. The Morgan fingerprint density at radius 3 is 1.95 bits per heavy atom. The smallest absolute Gasteiger partial charge is 0.416 e. The minimum atomic E-state index is -4.48. The van der Waals surface area contributed by atoms with Gasteiger partial charge >= 0.3 is 12.1 Å². The second-order valence-corrected chi connectivity index (χ2v) is 9.88. The summed E-state index contributed by atoms with van der Waals surface area (Å²) in [5.74, 6) is -1.82. The van der Waals surface area contributed by atoms with E-state index in [0.29, 0.717) is 32.1 Å². The van der Waals surface area contributed by atoms with Gasteiger partial charge in [-0.2, -0.15) is 13.2 Å². The molecule has 0 radical (unpaired) electrons. The van der Waals surface area contributed by atoms with Crippen LogP contribution in [0.1, 0.15) is 32.0 Å². The molecular weight excluding hydrogens is 564 g/mol. The molecule has 202 valence electrons. The van der Waals surface area contributed by atoms with Crippen molar-refractivity contribution < 1.29 is 27.9 Å². The molecule has 1 amide bonds. The van der Waals surface area contributed by atoms with Gasteiger partial charge in [0.05, 0.1) is 16.8 Å². The fourth-order valence-corrected chi connectivity index (χ4v) is 4.71. The number of benzene rings is 4. The Balaban J connectivity index is 1.66. The molecule has 0 aliphatic carbocycles. The van der Waals surface area contributed by atoms with Gasteiger partial charge in [0, 0.05) is 27.5 Å². The number of aromatic nitrogens is 1. The zero-order valence-electron chi connectivity index (χ0n) is 20.5. The summed E-state index contributed by atoms with van der Waals surface area (Å²) in [6.07, 6.45) is -4.48. The summed E-state index contributed by atoms with van der Waals surface area (Å²) < 4.78 is 40.8. The largest absolute Gasteiger partial charge is 0.477 e. The number of carbonyl (C=O) groups excluding carboxylic acids is 1. The lowest BCUT2D eigenvalue weighted by Gasteiger charge is -2.10.